The van der Waals surface area contributed by atoms with Gasteiger partial charge in [0.15, 0.2) is 12.1 Å². The average Bonchev–Trinajstić information content (AvgIpc) is 3.65. The normalized spacial score (nSPS) is 19.9. The summed E-state index contributed by atoms with van der Waals surface area (Å²) >= 11 is 4.63. The number of nitrogens with one attached hydrogen (secondary N) is 6. The Balaban J connectivity index is 1.70. The molecule has 16 nitrogen and oxygen atoms in total. The first kappa shape index (κ1) is 40.7. The highest BCUT2D eigenvalue weighted by molar-refractivity contribution is 9.10. The molecule has 5 rings (SSSR count). The van der Waals surface area contributed by atoms with E-state index in [1.165, 1.54) is 35.6 Å². The largest absolute Gasteiger partial charge is 0.480 e. The van der Waals surface area contributed by atoms with Crippen LogP contribution in [0.2, 0.25) is 0 Å². The summed E-state index contributed by atoms with van der Waals surface area (Å²) in [6, 6.07) is 12.1. The monoisotopic (exact) mass is 822 g/mol. The quantitative estimate of drug-likeness (QED) is 0.103. The second-order valence-corrected chi connectivity index (χ2v) is 13.6. The number of fused-ring (bicyclic) bond motifs is 18. The summed E-state index contributed by atoms with van der Waals surface area (Å²) in [7, 11) is 0. The first-order chi connectivity index (χ1) is 25.7. The van der Waals surface area contributed by atoms with Gasteiger partial charge in [-0.05, 0) is 46.8 Å². The fourth-order valence-corrected chi connectivity index (χ4v) is 5.81. The van der Waals surface area contributed by atoms with Gasteiger partial charge in [0.2, 0.25) is 23.6 Å². The van der Waals surface area contributed by atoms with Gasteiger partial charge in [0, 0.05) is 29.9 Å². The summed E-state index contributed by atoms with van der Waals surface area (Å²) < 4.78 is 5.90. The number of carboxylic acid groups (broad SMARTS) is 1. The topological polar surface area (TPSA) is 238 Å². The minimum atomic E-state index is -1.63. The van der Waals surface area contributed by atoms with Crippen LogP contribution >= 0.6 is 27.3 Å². The molecule has 1 aromatic heterocycles. The number of thiophene rings is 1. The van der Waals surface area contributed by atoms with Gasteiger partial charge in [0.25, 0.3) is 11.8 Å². The van der Waals surface area contributed by atoms with Gasteiger partial charge < -0.3 is 41.7 Å². The van der Waals surface area contributed by atoms with Crippen molar-refractivity contribution in [2.75, 3.05) is 18.4 Å². The second-order valence-electron chi connectivity index (χ2n) is 11.8. The number of hydrogen-bond donors (Lipinski definition) is 7. The summed E-state index contributed by atoms with van der Waals surface area (Å²) in [5.74, 6) is -1.73. The Morgan fingerprint density at radius 1 is 0.907 bits per heavy atom. The highest BCUT2D eigenvalue weighted by Gasteiger charge is 2.31. The number of ether oxygens (including phenoxy) is 1. The zero-order valence-electron chi connectivity index (χ0n) is 28.6. The van der Waals surface area contributed by atoms with Crippen LogP contribution in [0.3, 0.4) is 0 Å². The Bertz CT molecular complexity index is 1940. The third kappa shape index (κ3) is 13.2. The van der Waals surface area contributed by atoms with Crippen LogP contribution in [0.4, 0.5) is 5.69 Å². The summed E-state index contributed by atoms with van der Waals surface area (Å²) in [6.07, 6.45) is -2.50. The van der Waals surface area contributed by atoms with Crippen molar-refractivity contribution in [3.05, 3.63) is 86.5 Å². The number of hydrogen-bond acceptors (Lipinski definition) is 10. The van der Waals surface area contributed by atoms with Crippen molar-refractivity contribution in [3.8, 4) is 11.8 Å². The number of aliphatic carboxylic acids is 1. The predicted molar refractivity (Wildman–Crippen MR) is 197 cm³/mol. The van der Waals surface area contributed by atoms with Crippen LogP contribution in [0.25, 0.3) is 0 Å². The number of amides is 6. The highest BCUT2D eigenvalue weighted by atomic mass is 79.9. The Hall–Kier alpha value is -6.06. The van der Waals surface area contributed by atoms with E-state index >= 15 is 0 Å². The maximum atomic E-state index is 13.8. The zero-order valence-corrected chi connectivity index (χ0v) is 31.0. The van der Waals surface area contributed by atoms with Gasteiger partial charge in [0.1, 0.15) is 18.6 Å². The van der Waals surface area contributed by atoms with Crippen LogP contribution in [0, 0.1) is 11.8 Å². The van der Waals surface area contributed by atoms with E-state index in [0.29, 0.717) is 16.0 Å². The maximum Gasteiger partial charge on any atom is 0.322 e. The van der Waals surface area contributed by atoms with Gasteiger partial charge >= 0.3 is 11.9 Å². The molecule has 2 aliphatic heterocycles. The average molecular weight is 824 g/mol. The molecule has 0 aliphatic carbocycles. The van der Waals surface area contributed by atoms with Gasteiger partial charge in [-0.15, -0.1) is 11.3 Å². The molecular weight excluding hydrogens is 788 g/mol. The number of carbonyl (C=O) groups is 8. The van der Waals surface area contributed by atoms with Gasteiger partial charge in [-0.3, -0.25) is 38.4 Å². The first-order valence-electron chi connectivity index (χ1n) is 16.3. The standard InChI is InChI=1S/C36H35BrN6O10S/c1-20(44)53-29-17-30(45)41-26(13-12-25-3-2-14-54-25)35(51)43-28(16-21-4-8-23(37)9-5-21)34(50)38-18-31(46)42-27(33(49)39-19-32(47)48)15-22-6-10-24(11-7-22)40-36(29)52/h2-11,14,26-29H,15-19H2,1H3,(H,38,50)(H,39,49)(H,40,52)(H,41,45)(H,42,46)(H,43,51)(H,47,48). The molecule has 6 amide bonds. The number of halogens is 1. The summed E-state index contributed by atoms with van der Waals surface area (Å²) in [6.45, 7) is -0.292. The third-order valence-electron chi connectivity index (χ3n) is 7.54. The molecular formula is C36H35BrN6O10S. The molecule has 0 radical (unpaired) electrons. The van der Waals surface area contributed by atoms with Crippen molar-refractivity contribution in [1.82, 2.24) is 26.6 Å². The lowest BCUT2D eigenvalue weighted by molar-refractivity contribution is -0.153. The van der Waals surface area contributed by atoms with Crippen LogP contribution in [0.15, 0.2) is 70.5 Å². The fourth-order valence-electron chi connectivity index (χ4n) is 4.97. The number of benzene rings is 2. The van der Waals surface area contributed by atoms with E-state index < -0.39 is 91.1 Å². The van der Waals surface area contributed by atoms with E-state index in [1.807, 2.05) is 0 Å². The van der Waals surface area contributed by atoms with Crippen LogP contribution in [-0.4, -0.2) is 89.8 Å². The van der Waals surface area contributed by atoms with Gasteiger partial charge in [0.05, 0.1) is 17.8 Å². The lowest BCUT2D eigenvalue weighted by Crippen LogP contribution is -2.56. The molecule has 4 unspecified atom stereocenters. The molecule has 0 saturated heterocycles. The molecule has 2 aromatic carbocycles. The molecule has 0 spiro atoms. The number of carboxylic acids is 1. The number of esters is 1. The number of rotatable bonds is 6. The molecule has 0 saturated carbocycles. The molecule has 282 valence electrons. The molecule has 54 heavy (non-hydrogen) atoms. The van der Waals surface area contributed by atoms with Crippen molar-refractivity contribution >= 4 is 80.3 Å². The van der Waals surface area contributed by atoms with Crippen molar-refractivity contribution in [3.63, 3.8) is 0 Å². The summed E-state index contributed by atoms with van der Waals surface area (Å²) in [4.78, 5) is 104. The van der Waals surface area contributed by atoms with Crippen molar-refractivity contribution in [1.29, 1.82) is 0 Å². The van der Waals surface area contributed by atoms with E-state index in [9.17, 15) is 38.4 Å². The van der Waals surface area contributed by atoms with Crippen molar-refractivity contribution < 1.29 is 48.2 Å². The predicted octanol–water partition coefficient (Wildman–Crippen LogP) is 0.393. The van der Waals surface area contributed by atoms with E-state index in [-0.39, 0.29) is 18.5 Å². The van der Waals surface area contributed by atoms with Crippen molar-refractivity contribution in [2.45, 2.75) is 50.4 Å². The Morgan fingerprint density at radius 2 is 1.63 bits per heavy atom. The third-order valence-corrected chi connectivity index (χ3v) is 8.85. The molecule has 3 heterocycles. The van der Waals surface area contributed by atoms with Crippen molar-refractivity contribution in [2.24, 2.45) is 0 Å². The molecule has 7 N–H and O–H groups in total. The minimum absolute atomic E-state index is 0.0593. The van der Waals surface area contributed by atoms with E-state index in [0.717, 1.165) is 11.4 Å². The lowest BCUT2D eigenvalue weighted by Gasteiger charge is -2.22. The Kier molecular flexibility index (Phi) is 14.8. The smallest absolute Gasteiger partial charge is 0.322 e. The van der Waals surface area contributed by atoms with E-state index in [2.05, 4.69) is 59.7 Å². The van der Waals surface area contributed by atoms with Gasteiger partial charge in [-0.2, -0.15) is 0 Å². The number of carbonyl (C=O) groups excluding carboxylic acids is 7. The molecule has 2 aliphatic rings. The summed E-state index contributed by atoms with van der Waals surface area (Å²) in [5, 5.41) is 25.6. The zero-order chi connectivity index (χ0) is 39.2. The minimum Gasteiger partial charge on any atom is -0.480 e. The fraction of sp³-hybridized carbons (Fsp3) is 0.278. The molecule has 0 fully saturated rings. The number of anilines is 1. The lowest BCUT2D eigenvalue weighted by atomic mass is 10.0. The SMILES string of the molecule is CC(=O)OC1CC(=O)NC(C#Cc2cccs2)C(=O)NC(Cc2ccc(Br)cc2)C(=O)NCC(=O)NC(C(=O)NCC(=O)O)Cc2ccc(cc2)NC1=O. The highest BCUT2D eigenvalue weighted by Crippen LogP contribution is 2.15. The van der Waals surface area contributed by atoms with E-state index in [4.69, 9.17) is 9.84 Å². The molecule has 3 aromatic rings. The molecule has 2 bridgehead atoms. The summed E-state index contributed by atoms with van der Waals surface area (Å²) in [5.41, 5.74) is 1.33. The van der Waals surface area contributed by atoms with E-state index in [1.54, 1.807) is 41.8 Å². The molecule has 4 atom stereocenters. The Labute approximate surface area is 321 Å². The first-order valence-corrected chi connectivity index (χ1v) is 18.0. The van der Waals surface area contributed by atoms with Gasteiger partial charge in [-0.1, -0.05) is 58.1 Å². The van der Waals surface area contributed by atoms with Crippen LogP contribution in [0.1, 0.15) is 29.3 Å². The van der Waals surface area contributed by atoms with Crippen LogP contribution in [0.5, 0.6) is 0 Å². The van der Waals surface area contributed by atoms with Gasteiger partial charge in [-0.25, -0.2) is 0 Å². The second kappa shape index (κ2) is 19.7. The van der Waals surface area contributed by atoms with Crippen LogP contribution in [-0.2, 0) is 55.9 Å². The van der Waals surface area contributed by atoms with Crippen LogP contribution < -0.4 is 31.9 Å². The maximum absolute atomic E-state index is 13.8. The Morgan fingerprint density at radius 3 is 2.28 bits per heavy atom. The molecule has 18 heteroatoms.